The van der Waals surface area contributed by atoms with Gasteiger partial charge in [0.1, 0.15) is 0 Å². The van der Waals surface area contributed by atoms with E-state index >= 15 is 0 Å². The van der Waals surface area contributed by atoms with E-state index < -0.39 is 0 Å². The molecule has 0 bridgehead atoms. The summed E-state index contributed by atoms with van der Waals surface area (Å²) in [5, 5.41) is 9.65. The van der Waals surface area contributed by atoms with Gasteiger partial charge in [-0.05, 0) is 29.7 Å². The van der Waals surface area contributed by atoms with Crippen LogP contribution in [-0.2, 0) is 0 Å². The van der Waals surface area contributed by atoms with Crippen molar-refractivity contribution in [3.8, 4) is 0 Å². The van der Waals surface area contributed by atoms with E-state index in [4.69, 9.17) is 0 Å². The number of benzene rings is 2. The van der Waals surface area contributed by atoms with Crippen LogP contribution in [0, 0.1) is 0 Å². The molecule has 0 heterocycles. The zero-order valence-electron chi connectivity index (χ0n) is 11.3. The van der Waals surface area contributed by atoms with Crippen LogP contribution in [0.5, 0.6) is 0 Å². The summed E-state index contributed by atoms with van der Waals surface area (Å²) in [5.41, 5.74) is 2.13. The minimum Gasteiger partial charge on any atom is -0.392 e. The highest BCUT2D eigenvalue weighted by molar-refractivity contribution is 8.08. The maximum atomic E-state index is 9.65. The average molecular weight is 282 g/mol. The maximum absolute atomic E-state index is 9.65. The molecule has 2 rings (SSSR count). The fraction of sp³-hybridized carbons (Fsp3) is 0.111. The molecule has 0 radical (unpaired) electrons. The Balaban J connectivity index is 2.41. The number of hydrogen-bond acceptors (Lipinski definition) is 2. The van der Waals surface area contributed by atoms with Gasteiger partial charge in [-0.1, -0.05) is 66.4 Å². The summed E-state index contributed by atoms with van der Waals surface area (Å²) in [6.07, 6.45) is 2.53. The molecule has 2 heteroatoms. The molecule has 0 spiro atoms. The van der Waals surface area contributed by atoms with E-state index in [0.717, 1.165) is 16.0 Å². The highest BCUT2D eigenvalue weighted by atomic mass is 32.2. The zero-order valence-corrected chi connectivity index (χ0v) is 12.1. The van der Waals surface area contributed by atoms with Crippen LogP contribution in [0.25, 0.3) is 4.91 Å². The molecule has 0 amide bonds. The van der Waals surface area contributed by atoms with Crippen molar-refractivity contribution in [1.82, 2.24) is 0 Å². The van der Waals surface area contributed by atoms with Gasteiger partial charge in [-0.3, -0.25) is 0 Å². The Kier molecular flexibility index (Phi) is 5.66. The normalized spacial score (nSPS) is 11.8. The highest BCUT2D eigenvalue weighted by Gasteiger charge is 2.09. The molecule has 0 aliphatic heterocycles. The van der Waals surface area contributed by atoms with E-state index in [1.807, 2.05) is 42.5 Å². The molecule has 0 atom stereocenters. The van der Waals surface area contributed by atoms with Gasteiger partial charge in [-0.15, -0.1) is 6.58 Å². The van der Waals surface area contributed by atoms with E-state index in [1.165, 1.54) is 4.90 Å². The van der Waals surface area contributed by atoms with Gasteiger partial charge in [0.05, 0.1) is 6.61 Å². The molecule has 0 aliphatic rings. The Morgan fingerprint density at radius 1 is 1.00 bits per heavy atom. The first kappa shape index (κ1) is 14.6. The topological polar surface area (TPSA) is 20.2 Å². The molecule has 0 aliphatic carbocycles. The number of aliphatic hydroxyl groups excluding tert-OH is 1. The maximum Gasteiger partial charge on any atom is 0.0658 e. The van der Waals surface area contributed by atoms with E-state index in [1.54, 1.807) is 11.8 Å². The van der Waals surface area contributed by atoms with Gasteiger partial charge in [0.2, 0.25) is 0 Å². The molecule has 2 aromatic rings. The minimum absolute atomic E-state index is 0.0517. The molecule has 0 unspecified atom stereocenters. The van der Waals surface area contributed by atoms with Crippen LogP contribution in [0.15, 0.2) is 83.8 Å². The van der Waals surface area contributed by atoms with Crippen molar-refractivity contribution in [2.75, 3.05) is 6.61 Å². The van der Waals surface area contributed by atoms with Crippen molar-refractivity contribution < 1.29 is 5.11 Å². The Morgan fingerprint density at radius 3 is 2.15 bits per heavy atom. The van der Waals surface area contributed by atoms with Crippen molar-refractivity contribution in [3.05, 3.63) is 84.5 Å². The summed E-state index contributed by atoms with van der Waals surface area (Å²) < 4.78 is 0. The van der Waals surface area contributed by atoms with Crippen LogP contribution in [0.4, 0.5) is 0 Å². The lowest BCUT2D eigenvalue weighted by molar-refractivity contribution is 0.330. The largest absolute Gasteiger partial charge is 0.392 e. The molecular weight excluding hydrogens is 264 g/mol. The minimum atomic E-state index is 0.0517. The third kappa shape index (κ3) is 3.86. The highest BCUT2D eigenvalue weighted by Crippen LogP contribution is 2.37. The monoisotopic (exact) mass is 282 g/mol. The van der Waals surface area contributed by atoms with Crippen LogP contribution in [0.3, 0.4) is 0 Å². The van der Waals surface area contributed by atoms with Crippen molar-refractivity contribution in [2.24, 2.45) is 0 Å². The van der Waals surface area contributed by atoms with Gasteiger partial charge in [0.15, 0.2) is 0 Å². The van der Waals surface area contributed by atoms with Crippen LogP contribution < -0.4 is 0 Å². The Hall–Kier alpha value is -1.77. The smallest absolute Gasteiger partial charge is 0.0658 e. The Morgan fingerprint density at radius 2 is 1.60 bits per heavy atom. The second kappa shape index (κ2) is 7.73. The molecular formula is C18H18OS. The lowest BCUT2D eigenvalue weighted by Crippen LogP contribution is -1.94. The molecule has 2 aromatic carbocycles. The molecule has 1 nitrogen and oxygen atoms in total. The SMILES string of the molecule is C=CC/C(CO)=C(\Sc1ccccc1)c1ccccc1. The predicted octanol–water partition coefficient (Wildman–Crippen LogP) is 4.76. The number of aliphatic hydroxyl groups is 1. The molecule has 0 fully saturated rings. The van der Waals surface area contributed by atoms with Gasteiger partial charge in [0, 0.05) is 9.80 Å². The standard InChI is InChI=1S/C18H18OS/c1-2-9-16(14-19)18(15-10-5-3-6-11-15)20-17-12-7-4-8-13-17/h2-8,10-13,19H,1,9,14H2/b18-16+. The van der Waals surface area contributed by atoms with Gasteiger partial charge in [-0.2, -0.15) is 0 Å². The fourth-order valence-corrected chi connectivity index (χ4v) is 3.01. The summed E-state index contributed by atoms with van der Waals surface area (Å²) in [7, 11) is 0. The van der Waals surface area contributed by atoms with Gasteiger partial charge in [0.25, 0.3) is 0 Å². The first-order valence-corrected chi connectivity index (χ1v) is 7.39. The number of allylic oxidation sites excluding steroid dienone is 1. The molecule has 0 aromatic heterocycles. The first-order valence-electron chi connectivity index (χ1n) is 6.57. The van der Waals surface area contributed by atoms with Crippen LogP contribution >= 0.6 is 11.8 Å². The van der Waals surface area contributed by atoms with Crippen molar-refractivity contribution in [2.45, 2.75) is 11.3 Å². The quantitative estimate of drug-likeness (QED) is 0.609. The van der Waals surface area contributed by atoms with Crippen molar-refractivity contribution in [1.29, 1.82) is 0 Å². The van der Waals surface area contributed by atoms with Gasteiger partial charge in [-0.25, -0.2) is 0 Å². The van der Waals surface area contributed by atoms with Crippen LogP contribution in [0.2, 0.25) is 0 Å². The summed E-state index contributed by atoms with van der Waals surface area (Å²) in [6, 6.07) is 20.4. The summed E-state index contributed by atoms with van der Waals surface area (Å²) in [5.74, 6) is 0. The molecule has 102 valence electrons. The summed E-state index contributed by atoms with van der Waals surface area (Å²) in [6.45, 7) is 3.83. The van der Waals surface area contributed by atoms with Crippen molar-refractivity contribution >= 4 is 16.7 Å². The number of hydrogen-bond donors (Lipinski definition) is 1. The summed E-state index contributed by atoms with van der Waals surface area (Å²) in [4.78, 5) is 2.28. The van der Waals surface area contributed by atoms with Crippen LogP contribution in [-0.4, -0.2) is 11.7 Å². The lowest BCUT2D eigenvalue weighted by atomic mass is 10.1. The lowest BCUT2D eigenvalue weighted by Gasteiger charge is -2.13. The zero-order chi connectivity index (χ0) is 14.2. The molecule has 0 saturated heterocycles. The average Bonchev–Trinajstić information content (AvgIpc) is 2.52. The van der Waals surface area contributed by atoms with E-state index in [-0.39, 0.29) is 6.61 Å². The molecule has 20 heavy (non-hydrogen) atoms. The van der Waals surface area contributed by atoms with E-state index in [2.05, 4.69) is 30.8 Å². The second-order valence-corrected chi connectivity index (χ2v) is 5.45. The third-order valence-electron chi connectivity index (χ3n) is 2.90. The van der Waals surface area contributed by atoms with Crippen molar-refractivity contribution in [3.63, 3.8) is 0 Å². The fourth-order valence-electron chi connectivity index (χ4n) is 1.93. The van der Waals surface area contributed by atoms with Crippen LogP contribution in [0.1, 0.15) is 12.0 Å². The Bertz CT molecular complexity index is 573. The number of rotatable bonds is 6. The first-order chi connectivity index (χ1) is 9.85. The van der Waals surface area contributed by atoms with Gasteiger partial charge < -0.3 is 5.11 Å². The Labute approximate surface area is 124 Å². The van der Waals surface area contributed by atoms with E-state index in [0.29, 0.717) is 6.42 Å². The molecule has 0 saturated carbocycles. The summed E-state index contributed by atoms with van der Waals surface area (Å²) >= 11 is 1.69. The predicted molar refractivity (Wildman–Crippen MR) is 87.6 cm³/mol. The van der Waals surface area contributed by atoms with E-state index in [9.17, 15) is 5.11 Å². The number of thioether (sulfide) groups is 1. The molecule has 1 N–H and O–H groups in total. The second-order valence-electron chi connectivity index (χ2n) is 4.36. The third-order valence-corrected chi connectivity index (χ3v) is 4.14. The van der Waals surface area contributed by atoms with Gasteiger partial charge >= 0.3 is 0 Å².